The monoisotopic (exact) mass is 318 g/mol. The molecule has 0 spiro atoms. The largest absolute Gasteiger partial charge is 0.452 e. The number of rotatable bonds is 6. The van der Waals surface area contributed by atoms with Crippen molar-refractivity contribution in [1.29, 1.82) is 0 Å². The second-order valence-corrected chi connectivity index (χ2v) is 4.29. The minimum atomic E-state index is -4.97. The van der Waals surface area contributed by atoms with Crippen LogP contribution in [0.5, 0.6) is 0 Å². The van der Waals surface area contributed by atoms with E-state index < -0.39 is 42.7 Å². The average Bonchev–Trinajstić information content (AvgIpc) is 2.33. The van der Waals surface area contributed by atoms with E-state index in [-0.39, 0.29) is 5.57 Å². The highest BCUT2D eigenvalue weighted by atomic mass is 19.4. The molecule has 0 rings (SSSR count). The first kappa shape index (κ1) is 19.3. The number of carbonyl (C=O) groups excluding carboxylic acids is 2. The van der Waals surface area contributed by atoms with Crippen LogP contribution in [-0.2, 0) is 19.1 Å². The number of hydrogen-bond donors (Lipinski definition) is 0. The molecule has 0 saturated heterocycles. The molecule has 0 aromatic carbocycles. The third kappa shape index (κ3) is 5.31. The normalized spacial score (nSPS) is 15.0. The van der Waals surface area contributed by atoms with Crippen molar-refractivity contribution >= 4 is 11.9 Å². The number of esters is 2. The number of hydrogen-bond acceptors (Lipinski definition) is 4. The van der Waals surface area contributed by atoms with Gasteiger partial charge in [-0.15, -0.1) is 0 Å². The fraction of sp³-hybridized carbons (Fsp3) is 0.667. The van der Waals surface area contributed by atoms with Gasteiger partial charge in [0.15, 0.2) is 12.2 Å². The van der Waals surface area contributed by atoms with Gasteiger partial charge < -0.3 is 9.47 Å². The van der Waals surface area contributed by atoms with E-state index in [0.717, 1.165) is 0 Å². The van der Waals surface area contributed by atoms with Gasteiger partial charge in [0, 0.05) is 5.57 Å². The summed E-state index contributed by atoms with van der Waals surface area (Å²) < 4.78 is 72.0. The Labute approximate surface area is 117 Å². The Balaban J connectivity index is 5.01. The average molecular weight is 318 g/mol. The summed E-state index contributed by atoms with van der Waals surface area (Å²) >= 11 is 0. The van der Waals surface area contributed by atoms with Crippen molar-refractivity contribution in [2.75, 3.05) is 0 Å². The van der Waals surface area contributed by atoms with Crippen LogP contribution in [0.1, 0.15) is 27.2 Å². The summed E-state index contributed by atoms with van der Waals surface area (Å²) in [6.45, 7) is 5.94. The molecule has 0 aromatic heterocycles. The van der Waals surface area contributed by atoms with Crippen LogP contribution in [0, 0.1) is 0 Å². The van der Waals surface area contributed by atoms with Crippen molar-refractivity contribution in [3.63, 3.8) is 0 Å². The molecular formula is C12H15F5O4. The summed E-state index contributed by atoms with van der Waals surface area (Å²) in [5, 5.41) is 0. The van der Waals surface area contributed by atoms with Gasteiger partial charge in [0.05, 0.1) is 0 Å². The summed E-state index contributed by atoms with van der Waals surface area (Å²) in [5.74, 6) is -7.99. The van der Waals surface area contributed by atoms with E-state index in [9.17, 15) is 31.5 Å². The van der Waals surface area contributed by atoms with E-state index in [4.69, 9.17) is 0 Å². The number of halogens is 5. The van der Waals surface area contributed by atoms with Crippen molar-refractivity contribution in [3.05, 3.63) is 12.2 Å². The number of ether oxygens (including phenoxy) is 2. The van der Waals surface area contributed by atoms with Gasteiger partial charge in [-0.3, -0.25) is 0 Å². The molecular weight excluding hydrogens is 303 g/mol. The first-order valence-electron chi connectivity index (χ1n) is 5.86. The fourth-order valence-corrected chi connectivity index (χ4v) is 1.08. The first-order valence-corrected chi connectivity index (χ1v) is 5.86. The van der Waals surface area contributed by atoms with E-state index in [1.54, 1.807) is 0 Å². The smallest absolute Gasteiger partial charge is 0.425 e. The molecule has 4 nitrogen and oxygen atoms in total. The van der Waals surface area contributed by atoms with Crippen LogP contribution in [0.3, 0.4) is 0 Å². The van der Waals surface area contributed by atoms with Gasteiger partial charge >= 0.3 is 24.0 Å². The standard InChI is InChI=1S/C12H15F5O4/c1-5-8(21-9(18)6(2)3)11(13,14)10(19)20-7(4)12(15,16)17/h7-8H,2,5H2,1,3-4H3. The maximum absolute atomic E-state index is 13.7. The second-order valence-electron chi connectivity index (χ2n) is 4.29. The molecule has 0 N–H and O–H groups in total. The molecule has 0 heterocycles. The maximum Gasteiger partial charge on any atom is 0.425 e. The van der Waals surface area contributed by atoms with Crippen LogP contribution in [0.25, 0.3) is 0 Å². The molecule has 0 saturated carbocycles. The lowest BCUT2D eigenvalue weighted by Gasteiger charge is -2.26. The summed E-state index contributed by atoms with van der Waals surface area (Å²) in [6.07, 6.45) is -10.4. The van der Waals surface area contributed by atoms with Crippen LogP contribution in [0.2, 0.25) is 0 Å². The van der Waals surface area contributed by atoms with E-state index in [2.05, 4.69) is 16.1 Å². The molecule has 0 amide bonds. The Kier molecular flexibility index (Phi) is 6.31. The van der Waals surface area contributed by atoms with Gasteiger partial charge in [-0.05, 0) is 20.3 Å². The predicted octanol–water partition coefficient (Wildman–Crippen LogP) is 3.01. The maximum atomic E-state index is 13.7. The van der Waals surface area contributed by atoms with Crippen molar-refractivity contribution in [2.24, 2.45) is 0 Å². The lowest BCUT2D eigenvalue weighted by atomic mass is 10.1. The highest BCUT2D eigenvalue weighted by Crippen LogP contribution is 2.29. The summed E-state index contributed by atoms with van der Waals surface area (Å²) in [7, 11) is 0. The van der Waals surface area contributed by atoms with E-state index in [0.29, 0.717) is 6.92 Å². The van der Waals surface area contributed by atoms with Crippen LogP contribution in [0.4, 0.5) is 22.0 Å². The van der Waals surface area contributed by atoms with Crippen molar-refractivity contribution in [3.8, 4) is 0 Å². The molecule has 0 radical (unpaired) electrons. The summed E-state index contributed by atoms with van der Waals surface area (Å²) in [6, 6.07) is 0. The molecule has 0 aromatic rings. The van der Waals surface area contributed by atoms with E-state index >= 15 is 0 Å². The van der Waals surface area contributed by atoms with Crippen molar-refractivity contribution in [1.82, 2.24) is 0 Å². The van der Waals surface area contributed by atoms with Gasteiger partial charge in [-0.2, -0.15) is 22.0 Å². The zero-order chi connectivity index (χ0) is 17.0. The Morgan fingerprint density at radius 2 is 1.62 bits per heavy atom. The van der Waals surface area contributed by atoms with Gasteiger partial charge in [-0.1, -0.05) is 13.5 Å². The molecule has 2 atom stereocenters. The van der Waals surface area contributed by atoms with Crippen LogP contribution in [-0.4, -0.2) is 36.2 Å². The third-order valence-electron chi connectivity index (χ3n) is 2.39. The zero-order valence-electron chi connectivity index (χ0n) is 11.6. The SMILES string of the molecule is C=C(C)C(=O)OC(CC)C(F)(F)C(=O)OC(C)C(F)(F)F. The van der Waals surface area contributed by atoms with Gasteiger partial charge in [0.25, 0.3) is 0 Å². The molecule has 9 heteroatoms. The fourth-order valence-electron chi connectivity index (χ4n) is 1.08. The van der Waals surface area contributed by atoms with Gasteiger partial charge in [-0.25, -0.2) is 9.59 Å². The Hall–Kier alpha value is -1.67. The lowest BCUT2D eigenvalue weighted by molar-refractivity contribution is -0.237. The Morgan fingerprint density at radius 3 is 1.95 bits per heavy atom. The predicted molar refractivity (Wildman–Crippen MR) is 61.5 cm³/mol. The van der Waals surface area contributed by atoms with Crippen LogP contribution < -0.4 is 0 Å². The molecule has 21 heavy (non-hydrogen) atoms. The molecule has 0 aliphatic heterocycles. The van der Waals surface area contributed by atoms with Gasteiger partial charge in [0.1, 0.15) is 0 Å². The summed E-state index contributed by atoms with van der Waals surface area (Å²) in [4.78, 5) is 22.4. The molecule has 0 aliphatic carbocycles. The Bertz CT molecular complexity index is 416. The molecule has 0 bridgehead atoms. The highest BCUT2D eigenvalue weighted by molar-refractivity contribution is 5.87. The minimum absolute atomic E-state index is 0.193. The Morgan fingerprint density at radius 1 is 1.14 bits per heavy atom. The van der Waals surface area contributed by atoms with Crippen molar-refractivity contribution in [2.45, 2.75) is 51.5 Å². The van der Waals surface area contributed by atoms with Crippen LogP contribution >= 0.6 is 0 Å². The molecule has 0 fully saturated rings. The number of alkyl halides is 5. The molecule has 2 unspecified atom stereocenters. The number of carbonyl (C=O) groups is 2. The van der Waals surface area contributed by atoms with E-state index in [1.807, 2.05) is 0 Å². The van der Waals surface area contributed by atoms with Gasteiger partial charge in [0.2, 0.25) is 0 Å². The quantitative estimate of drug-likeness (QED) is 0.429. The minimum Gasteiger partial charge on any atom is -0.452 e. The van der Waals surface area contributed by atoms with Crippen LogP contribution in [0.15, 0.2) is 12.2 Å². The topological polar surface area (TPSA) is 52.6 Å². The summed E-state index contributed by atoms with van der Waals surface area (Å²) in [5.41, 5.74) is -0.193. The molecule has 0 aliphatic rings. The lowest BCUT2D eigenvalue weighted by Crippen LogP contribution is -2.47. The zero-order valence-corrected chi connectivity index (χ0v) is 11.6. The second kappa shape index (κ2) is 6.86. The highest BCUT2D eigenvalue weighted by Gasteiger charge is 2.53. The van der Waals surface area contributed by atoms with Crippen molar-refractivity contribution < 1.29 is 41.0 Å². The molecule has 122 valence electrons. The third-order valence-corrected chi connectivity index (χ3v) is 2.39. The van der Waals surface area contributed by atoms with E-state index in [1.165, 1.54) is 13.8 Å². The first-order chi connectivity index (χ1) is 9.33.